The van der Waals surface area contributed by atoms with Crippen molar-refractivity contribution in [1.82, 2.24) is 4.90 Å². The summed E-state index contributed by atoms with van der Waals surface area (Å²) in [6.45, 7) is 8.54. The molecule has 0 unspecified atom stereocenters. The zero-order chi connectivity index (χ0) is 19.0. The largest absolute Gasteiger partial charge is 0.322 e. The molecule has 25 heavy (non-hydrogen) atoms. The van der Waals surface area contributed by atoms with Gasteiger partial charge >= 0.3 is 0 Å². The number of ketones is 1. The Morgan fingerprint density at radius 1 is 1.20 bits per heavy atom. The highest BCUT2D eigenvalue weighted by Gasteiger charge is 2.27. The number of allylic oxidation sites excluding steroid dienone is 2. The predicted octanol–water partition coefficient (Wildman–Crippen LogP) is 5.69. The van der Waals surface area contributed by atoms with Crippen LogP contribution in [0.1, 0.15) is 72.6 Å². The molecule has 1 aliphatic rings. The van der Waals surface area contributed by atoms with Crippen LogP contribution in [0.2, 0.25) is 0 Å². The molecule has 0 aromatic carbocycles. The molecule has 1 aliphatic heterocycles. The van der Waals surface area contributed by atoms with Crippen molar-refractivity contribution >= 4 is 23.3 Å². The molecule has 0 aliphatic carbocycles. The van der Waals surface area contributed by atoms with Gasteiger partial charge in [-0.15, -0.1) is 0 Å². The lowest BCUT2D eigenvalue weighted by atomic mass is 9.74. The van der Waals surface area contributed by atoms with E-state index in [9.17, 15) is 9.59 Å². The quantitative estimate of drug-likeness (QED) is 0.551. The molecule has 142 valence electrons. The highest BCUT2D eigenvalue weighted by molar-refractivity contribution is 6.25. The van der Waals surface area contributed by atoms with Gasteiger partial charge in [0.15, 0.2) is 0 Å². The SMILES string of the molecule is C[C@H]1CCCC/C(=C\Cl)C[C@H](C(C)(C)C)CC(=O)C/C=C/N(C)C1=O. The second-order valence-corrected chi connectivity index (χ2v) is 8.68. The van der Waals surface area contributed by atoms with E-state index >= 15 is 0 Å². The summed E-state index contributed by atoms with van der Waals surface area (Å²) in [5.41, 5.74) is 2.97. The van der Waals surface area contributed by atoms with E-state index in [4.69, 9.17) is 11.6 Å². The van der Waals surface area contributed by atoms with Crippen LogP contribution < -0.4 is 0 Å². The number of hydrogen-bond donors (Lipinski definition) is 0. The van der Waals surface area contributed by atoms with Crippen molar-refractivity contribution in [3.05, 3.63) is 23.4 Å². The van der Waals surface area contributed by atoms with Crippen LogP contribution >= 0.6 is 11.6 Å². The maximum atomic E-state index is 12.4. The summed E-state index contributed by atoms with van der Waals surface area (Å²) in [5, 5.41) is 0. The van der Waals surface area contributed by atoms with Crippen molar-refractivity contribution in [1.29, 1.82) is 0 Å². The zero-order valence-corrected chi connectivity index (χ0v) is 17.2. The van der Waals surface area contributed by atoms with E-state index < -0.39 is 0 Å². The molecule has 0 bridgehead atoms. The highest BCUT2D eigenvalue weighted by atomic mass is 35.5. The third kappa shape index (κ3) is 7.77. The molecule has 0 fully saturated rings. The normalized spacial score (nSPS) is 28.6. The Bertz CT molecular complexity index is 516. The van der Waals surface area contributed by atoms with Gasteiger partial charge in [0, 0.05) is 37.5 Å². The monoisotopic (exact) mass is 367 g/mol. The Morgan fingerprint density at radius 2 is 1.88 bits per heavy atom. The third-order valence-corrected chi connectivity index (χ3v) is 5.50. The molecule has 0 radical (unpaired) electrons. The number of nitrogens with zero attached hydrogens (tertiary/aromatic N) is 1. The molecule has 2 atom stereocenters. The fraction of sp³-hybridized carbons (Fsp3) is 0.714. The number of carbonyl (C=O) groups is 2. The number of amides is 1. The summed E-state index contributed by atoms with van der Waals surface area (Å²) in [6, 6.07) is 0. The standard InChI is InChI=1S/C21H34ClNO2/c1-16-9-6-7-10-17(15-22)13-18(21(2,3)4)14-19(24)11-8-12-23(5)20(16)25/h8,12,15-16,18H,6-7,9-11,13-14H2,1-5H3/b12-8+,17-15+/t16-,18-/m0/s1. The summed E-state index contributed by atoms with van der Waals surface area (Å²) in [4.78, 5) is 26.4. The first-order valence-electron chi connectivity index (χ1n) is 9.38. The fourth-order valence-corrected chi connectivity index (χ4v) is 3.45. The number of halogens is 1. The third-order valence-electron chi connectivity index (χ3n) is 5.19. The summed E-state index contributed by atoms with van der Waals surface area (Å²) >= 11 is 6.06. The average Bonchev–Trinajstić information content (AvgIpc) is 2.53. The van der Waals surface area contributed by atoms with Gasteiger partial charge in [-0.05, 0) is 37.0 Å². The molecular formula is C21H34ClNO2. The number of hydrogen-bond acceptors (Lipinski definition) is 2. The summed E-state index contributed by atoms with van der Waals surface area (Å²) in [7, 11) is 1.77. The molecule has 0 saturated carbocycles. The van der Waals surface area contributed by atoms with Crippen molar-refractivity contribution < 1.29 is 9.59 Å². The van der Waals surface area contributed by atoms with Crippen molar-refractivity contribution in [2.45, 2.75) is 72.6 Å². The van der Waals surface area contributed by atoms with Crippen LogP contribution in [0.25, 0.3) is 0 Å². The summed E-state index contributed by atoms with van der Waals surface area (Å²) in [6.07, 6.45) is 9.22. The first kappa shape index (κ1) is 22.0. The smallest absolute Gasteiger partial charge is 0.229 e. The van der Waals surface area contributed by atoms with Gasteiger partial charge in [0.25, 0.3) is 0 Å². The van der Waals surface area contributed by atoms with Gasteiger partial charge in [-0.1, -0.05) is 57.4 Å². The molecular weight excluding hydrogens is 334 g/mol. The van der Waals surface area contributed by atoms with Gasteiger partial charge in [0.05, 0.1) is 0 Å². The Balaban J connectivity index is 2.95. The molecule has 1 rings (SSSR count). The van der Waals surface area contributed by atoms with Crippen LogP contribution in [-0.2, 0) is 9.59 Å². The van der Waals surface area contributed by atoms with Gasteiger partial charge < -0.3 is 4.90 Å². The van der Waals surface area contributed by atoms with E-state index in [-0.39, 0.29) is 28.9 Å². The molecule has 1 amide bonds. The first-order valence-corrected chi connectivity index (χ1v) is 9.82. The van der Waals surface area contributed by atoms with Gasteiger partial charge in [0.2, 0.25) is 5.91 Å². The first-order chi connectivity index (χ1) is 11.6. The van der Waals surface area contributed by atoms with Crippen LogP contribution in [0.4, 0.5) is 0 Å². The lowest BCUT2D eigenvalue weighted by molar-refractivity contribution is -0.131. The minimum absolute atomic E-state index is 0.00114. The van der Waals surface area contributed by atoms with Crippen LogP contribution in [0, 0.1) is 17.3 Å². The van der Waals surface area contributed by atoms with E-state index in [1.807, 2.05) is 13.0 Å². The summed E-state index contributed by atoms with van der Waals surface area (Å²) in [5.74, 6) is 0.608. The highest BCUT2D eigenvalue weighted by Crippen LogP contribution is 2.36. The van der Waals surface area contributed by atoms with E-state index in [1.54, 1.807) is 23.7 Å². The molecule has 4 heteroatoms. The zero-order valence-electron chi connectivity index (χ0n) is 16.5. The predicted molar refractivity (Wildman–Crippen MR) is 105 cm³/mol. The Labute approximate surface area is 158 Å². The number of carbonyl (C=O) groups excluding carboxylic acids is 2. The maximum Gasteiger partial charge on any atom is 0.229 e. The Hall–Kier alpha value is -1.09. The Kier molecular flexibility index (Phi) is 8.92. The van der Waals surface area contributed by atoms with Crippen LogP contribution in [-0.4, -0.2) is 23.6 Å². The lowest BCUT2D eigenvalue weighted by Crippen LogP contribution is -2.27. The van der Waals surface area contributed by atoms with Gasteiger partial charge in [0.1, 0.15) is 5.78 Å². The fourth-order valence-electron chi connectivity index (χ4n) is 3.25. The summed E-state index contributed by atoms with van der Waals surface area (Å²) < 4.78 is 0. The Morgan fingerprint density at radius 3 is 2.48 bits per heavy atom. The van der Waals surface area contributed by atoms with E-state index in [1.165, 1.54) is 5.57 Å². The van der Waals surface area contributed by atoms with Gasteiger partial charge in [-0.3, -0.25) is 9.59 Å². The van der Waals surface area contributed by atoms with E-state index in [0.717, 1.165) is 32.1 Å². The van der Waals surface area contributed by atoms with Crippen LogP contribution in [0.5, 0.6) is 0 Å². The van der Waals surface area contributed by atoms with Crippen molar-refractivity contribution in [2.75, 3.05) is 7.05 Å². The number of Topliss-reactive ketones (excluding diaryl/α,β-unsaturated/α-hetero) is 1. The van der Waals surface area contributed by atoms with Gasteiger partial charge in [-0.25, -0.2) is 0 Å². The van der Waals surface area contributed by atoms with Crippen LogP contribution in [0.15, 0.2) is 23.4 Å². The molecule has 0 aromatic heterocycles. The molecule has 0 saturated heterocycles. The minimum atomic E-state index is 0.00114. The minimum Gasteiger partial charge on any atom is -0.322 e. The van der Waals surface area contributed by atoms with Crippen molar-refractivity contribution in [3.63, 3.8) is 0 Å². The maximum absolute atomic E-state index is 12.4. The van der Waals surface area contributed by atoms with Crippen molar-refractivity contribution in [3.8, 4) is 0 Å². The second-order valence-electron chi connectivity index (χ2n) is 8.46. The average molecular weight is 368 g/mol. The lowest BCUT2D eigenvalue weighted by Gasteiger charge is -2.31. The van der Waals surface area contributed by atoms with E-state index in [2.05, 4.69) is 20.8 Å². The molecule has 0 spiro atoms. The van der Waals surface area contributed by atoms with E-state index in [0.29, 0.717) is 12.8 Å². The molecule has 0 aromatic rings. The van der Waals surface area contributed by atoms with Gasteiger partial charge in [-0.2, -0.15) is 0 Å². The second kappa shape index (κ2) is 10.2. The number of rotatable bonds is 0. The molecule has 3 nitrogen and oxygen atoms in total. The van der Waals surface area contributed by atoms with Crippen molar-refractivity contribution in [2.24, 2.45) is 17.3 Å². The van der Waals surface area contributed by atoms with Crippen LogP contribution in [0.3, 0.4) is 0 Å². The topological polar surface area (TPSA) is 37.4 Å². The molecule has 1 heterocycles. The molecule has 0 N–H and O–H groups in total.